The van der Waals surface area contributed by atoms with Gasteiger partial charge in [0.05, 0.1) is 6.54 Å². The molecule has 0 fully saturated rings. The second kappa shape index (κ2) is 2.18. The summed E-state index contributed by atoms with van der Waals surface area (Å²) in [4.78, 5) is 6.19. The van der Waals surface area contributed by atoms with E-state index in [1.54, 1.807) is 0 Å². The van der Waals surface area contributed by atoms with Crippen molar-refractivity contribution in [2.45, 2.75) is 0 Å². The maximum Gasteiger partial charge on any atom is 0.274 e. The number of hydrogen-bond acceptors (Lipinski definition) is 3. The smallest absolute Gasteiger partial charge is 0.274 e. The minimum Gasteiger partial charge on any atom is -0.474 e. The summed E-state index contributed by atoms with van der Waals surface area (Å²) >= 11 is 0. The van der Waals surface area contributed by atoms with E-state index >= 15 is 0 Å². The molecule has 0 bridgehead atoms. The quantitative estimate of drug-likeness (QED) is 0.258. The lowest BCUT2D eigenvalue weighted by molar-refractivity contribution is 0.342. The third kappa shape index (κ3) is 0.886. The largest absolute Gasteiger partial charge is 0.474 e. The average Bonchev–Trinajstić information content (AvgIpc) is 2.19. The monoisotopic (exact) mass is 112 g/mol. The molecule has 0 unspecified atom stereocenters. The zero-order valence-corrected chi connectivity index (χ0v) is 4.11. The summed E-state index contributed by atoms with van der Waals surface area (Å²) in [6.07, 6.45) is 0. The van der Waals surface area contributed by atoms with Crippen LogP contribution in [0.4, 0.5) is 0 Å². The predicted octanol–water partition coefficient (Wildman–Crippen LogP) is 0.683. The van der Waals surface area contributed by atoms with Crippen molar-refractivity contribution in [3.05, 3.63) is 10.4 Å². The minimum atomic E-state index is 0.160. The van der Waals surface area contributed by atoms with Crippen LogP contribution in [0.15, 0.2) is 10.1 Å². The van der Waals surface area contributed by atoms with Gasteiger partial charge >= 0.3 is 0 Å². The number of aliphatic imine (C=N–C) groups is 1. The van der Waals surface area contributed by atoms with Gasteiger partial charge in [-0.05, 0) is 10.6 Å². The fourth-order valence-electron chi connectivity index (χ4n) is 0.423. The van der Waals surface area contributed by atoms with Crippen LogP contribution in [0.25, 0.3) is 10.4 Å². The number of azide groups is 1. The van der Waals surface area contributed by atoms with E-state index in [-0.39, 0.29) is 6.02 Å². The molecule has 0 radical (unpaired) electrons. The zero-order valence-electron chi connectivity index (χ0n) is 4.11. The molecule has 0 saturated heterocycles. The maximum absolute atomic E-state index is 7.82. The van der Waals surface area contributed by atoms with Crippen LogP contribution in [0.5, 0.6) is 0 Å². The molecule has 8 heavy (non-hydrogen) atoms. The summed E-state index contributed by atoms with van der Waals surface area (Å²) in [5.41, 5.74) is 7.82. The van der Waals surface area contributed by atoms with Crippen LogP contribution in [0, 0.1) is 0 Å². The van der Waals surface area contributed by atoms with Crippen molar-refractivity contribution in [2.24, 2.45) is 10.1 Å². The molecule has 1 aliphatic rings. The summed E-state index contributed by atoms with van der Waals surface area (Å²) in [5, 5.41) is 3.13. The topological polar surface area (TPSA) is 70.4 Å². The first-order chi connectivity index (χ1) is 3.93. The van der Waals surface area contributed by atoms with Gasteiger partial charge in [-0.3, -0.25) is 0 Å². The van der Waals surface area contributed by atoms with Gasteiger partial charge in [0.2, 0.25) is 0 Å². The lowest BCUT2D eigenvalue weighted by Gasteiger charge is -1.86. The molecule has 0 spiro atoms. The molecule has 0 atom stereocenters. The van der Waals surface area contributed by atoms with E-state index in [0.717, 1.165) is 0 Å². The summed E-state index contributed by atoms with van der Waals surface area (Å²) in [5.74, 6) is 0. The number of ether oxygens (including phenoxy) is 1. The van der Waals surface area contributed by atoms with E-state index in [2.05, 4.69) is 15.0 Å². The van der Waals surface area contributed by atoms with E-state index < -0.39 is 0 Å². The van der Waals surface area contributed by atoms with Crippen molar-refractivity contribution in [2.75, 3.05) is 13.2 Å². The van der Waals surface area contributed by atoms with Crippen LogP contribution in [-0.4, -0.2) is 19.2 Å². The highest BCUT2D eigenvalue weighted by atomic mass is 16.5. The lowest BCUT2D eigenvalue weighted by Crippen LogP contribution is -1.91. The van der Waals surface area contributed by atoms with Crippen molar-refractivity contribution in [1.29, 1.82) is 0 Å². The highest BCUT2D eigenvalue weighted by Crippen LogP contribution is 1.93. The molecule has 42 valence electrons. The summed E-state index contributed by atoms with van der Waals surface area (Å²) in [6, 6.07) is 0.160. The number of nitrogens with zero attached hydrogens (tertiary/aromatic N) is 4. The Balaban J connectivity index is 2.57. The third-order valence-electron chi connectivity index (χ3n) is 0.700. The number of hydrogen-bond donors (Lipinski definition) is 0. The standard InChI is InChI=1S/C3H4N4O/c4-7-6-3-5-1-2-8-3/h1-2H2. The lowest BCUT2D eigenvalue weighted by atomic mass is 10.8. The second-order valence-electron chi connectivity index (χ2n) is 1.20. The maximum atomic E-state index is 7.82. The van der Waals surface area contributed by atoms with Crippen molar-refractivity contribution >= 4 is 6.02 Å². The van der Waals surface area contributed by atoms with Gasteiger partial charge in [0.1, 0.15) is 6.61 Å². The molecule has 5 nitrogen and oxygen atoms in total. The Morgan fingerprint density at radius 1 is 1.88 bits per heavy atom. The first kappa shape index (κ1) is 4.93. The molecule has 1 rings (SSSR count). The Morgan fingerprint density at radius 3 is 3.25 bits per heavy atom. The highest BCUT2D eigenvalue weighted by molar-refractivity contribution is 5.75. The van der Waals surface area contributed by atoms with Crippen molar-refractivity contribution in [3.8, 4) is 0 Å². The molecular weight excluding hydrogens is 108 g/mol. The fourth-order valence-corrected chi connectivity index (χ4v) is 0.423. The Hall–Kier alpha value is -1.22. The minimum absolute atomic E-state index is 0.160. The van der Waals surface area contributed by atoms with E-state index in [0.29, 0.717) is 13.2 Å². The first-order valence-corrected chi connectivity index (χ1v) is 2.16. The predicted molar refractivity (Wildman–Crippen MR) is 27.4 cm³/mol. The second-order valence-corrected chi connectivity index (χ2v) is 1.20. The van der Waals surface area contributed by atoms with Crippen LogP contribution in [0.3, 0.4) is 0 Å². The normalized spacial score (nSPS) is 16.2. The van der Waals surface area contributed by atoms with Gasteiger partial charge in [0.15, 0.2) is 0 Å². The Morgan fingerprint density at radius 2 is 2.75 bits per heavy atom. The van der Waals surface area contributed by atoms with Crippen LogP contribution in [0.2, 0.25) is 0 Å². The molecule has 0 saturated carbocycles. The zero-order chi connectivity index (χ0) is 5.82. The summed E-state index contributed by atoms with van der Waals surface area (Å²) in [6.45, 7) is 1.14. The number of amidine groups is 1. The molecule has 5 heteroatoms. The Labute approximate surface area is 45.6 Å². The van der Waals surface area contributed by atoms with Crippen LogP contribution in [-0.2, 0) is 4.74 Å². The first-order valence-electron chi connectivity index (χ1n) is 2.16. The number of rotatable bonds is 0. The average molecular weight is 112 g/mol. The van der Waals surface area contributed by atoms with Crippen molar-refractivity contribution in [3.63, 3.8) is 0 Å². The van der Waals surface area contributed by atoms with Crippen LogP contribution in [0.1, 0.15) is 0 Å². The van der Waals surface area contributed by atoms with Crippen molar-refractivity contribution in [1.82, 2.24) is 0 Å². The highest BCUT2D eigenvalue weighted by Gasteiger charge is 2.01. The van der Waals surface area contributed by atoms with Crippen LogP contribution < -0.4 is 0 Å². The van der Waals surface area contributed by atoms with E-state index in [4.69, 9.17) is 10.3 Å². The van der Waals surface area contributed by atoms with Gasteiger partial charge in [-0.25, -0.2) is 4.99 Å². The Kier molecular flexibility index (Phi) is 1.34. The third-order valence-corrected chi connectivity index (χ3v) is 0.700. The van der Waals surface area contributed by atoms with Gasteiger partial charge in [-0.1, -0.05) is 0 Å². The molecule has 1 aliphatic heterocycles. The van der Waals surface area contributed by atoms with E-state index in [1.165, 1.54) is 0 Å². The van der Waals surface area contributed by atoms with Gasteiger partial charge in [0.25, 0.3) is 6.02 Å². The fraction of sp³-hybridized carbons (Fsp3) is 0.667. The Bertz CT molecular complexity index is 157. The molecule has 0 N–H and O–H groups in total. The van der Waals surface area contributed by atoms with Crippen LogP contribution >= 0.6 is 0 Å². The SMILES string of the molecule is [N-]=[N+]=NC1=NCCO1. The molecular formula is C3H4N4O. The molecule has 0 aromatic carbocycles. The van der Waals surface area contributed by atoms with Gasteiger partial charge in [0, 0.05) is 4.91 Å². The van der Waals surface area contributed by atoms with Gasteiger partial charge < -0.3 is 4.74 Å². The molecule has 0 aliphatic carbocycles. The molecule has 1 heterocycles. The van der Waals surface area contributed by atoms with E-state index in [1.807, 2.05) is 0 Å². The molecule has 0 amide bonds. The summed E-state index contributed by atoms with van der Waals surface area (Å²) in [7, 11) is 0. The molecule has 0 aromatic heterocycles. The summed E-state index contributed by atoms with van der Waals surface area (Å²) < 4.78 is 4.72. The van der Waals surface area contributed by atoms with Crippen molar-refractivity contribution < 1.29 is 4.74 Å². The van der Waals surface area contributed by atoms with Gasteiger partial charge in [-0.2, -0.15) is 0 Å². The van der Waals surface area contributed by atoms with Gasteiger partial charge in [-0.15, -0.1) is 0 Å². The van der Waals surface area contributed by atoms with E-state index in [9.17, 15) is 0 Å². The molecule has 0 aromatic rings.